The topological polar surface area (TPSA) is 83.8 Å². The van der Waals surface area contributed by atoms with Crippen molar-refractivity contribution in [2.24, 2.45) is 0 Å². The van der Waals surface area contributed by atoms with Gasteiger partial charge in [-0.25, -0.2) is 4.98 Å². The molecule has 100 valence electrons. The van der Waals surface area contributed by atoms with E-state index in [1.54, 1.807) is 30.6 Å². The van der Waals surface area contributed by atoms with Gasteiger partial charge in [0.2, 0.25) is 0 Å². The van der Waals surface area contributed by atoms with Crippen molar-refractivity contribution in [3.63, 3.8) is 0 Å². The lowest BCUT2D eigenvalue weighted by Gasteiger charge is -2.06. The van der Waals surface area contributed by atoms with Crippen LogP contribution in [0.5, 0.6) is 0 Å². The summed E-state index contributed by atoms with van der Waals surface area (Å²) in [5.74, 6) is 0.875. The van der Waals surface area contributed by atoms with E-state index in [1.807, 2.05) is 6.92 Å². The highest BCUT2D eigenvalue weighted by Crippen LogP contribution is 2.12. The molecule has 0 spiro atoms. The normalized spacial score (nSPS) is 10.4. The molecule has 1 aromatic heterocycles. The second kappa shape index (κ2) is 6.04. The fourth-order valence-corrected chi connectivity index (χ4v) is 1.81. The van der Waals surface area contributed by atoms with Crippen LogP contribution >= 0.6 is 0 Å². The van der Waals surface area contributed by atoms with Crippen molar-refractivity contribution in [2.75, 3.05) is 12.3 Å². The molecule has 0 saturated heterocycles. The number of nitrogens with one attached hydrogen (secondary N) is 2. The van der Waals surface area contributed by atoms with Gasteiger partial charge in [0.15, 0.2) is 0 Å². The highest BCUT2D eigenvalue weighted by molar-refractivity contribution is 5.94. The van der Waals surface area contributed by atoms with Crippen molar-refractivity contribution in [3.05, 3.63) is 47.5 Å². The molecule has 0 aliphatic heterocycles. The Morgan fingerprint density at radius 2 is 2.32 bits per heavy atom. The van der Waals surface area contributed by atoms with Crippen molar-refractivity contribution < 1.29 is 4.79 Å². The number of carbonyl (C=O) groups excluding carboxylic acids is 1. The number of nitrogens with zero attached hydrogens (tertiary/aromatic N) is 1. The third kappa shape index (κ3) is 3.58. The Morgan fingerprint density at radius 1 is 1.47 bits per heavy atom. The van der Waals surface area contributed by atoms with E-state index >= 15 is 0 Å². The number of hydrogen-bond donors (Lipinski definition) is 3. The molecule has 0 unspecified atom stereocenters. The summed E-state index contributed by atoms with van der Waals surface area (Å²) in [6.45, 7) is 2.52. The molecule has 5 nitrogen and oxygen atoms in total. The zero-order chi connectivity index (χ0) is 13.7. The molecule has 0 aliphatic carbocycles. The second-order valence-corrected chi connectivity index (χ2v) is 4.47. The Kier molecular flexibility index (Phi) is 4.18. The summed E-state index contributed by atoms with van der Waals surface area (Å²) in [5.41, 5.74) is 7.99. The molecule has 19 heavy (non-hydrogen) atoms. The predicted molar refractivity (Wildman–Crippen MR) is 74.8 cm³/mol. The van der Waals surface area contributed by atoms with Crippen molar-refractivity contribution in [1.29, 1.82) is 0 Å². The standard InChI is InChI=1S/C14H18N4O/c1-10-9-11(4-5-12(10)15)14(19)18-6-2-3-13-16-7-8-17-13/h4-5,7-9H,2-3,6,15H2,1H3,(H,16,17)(H,18,19). The summed E-state index contributed by atoms with van der Waals surface area (Å²) < 4.78 is 0. The molecular weight excluding hydrogens is 240 g/mol. The molecule has 1 amide bonds. The number of amides is 1. The molecule has 0 aliphatic rings. The molecule has 2 aromatic rings. The summed E-state index contributed by atoms with van der Waals surface area (Å²) in [5, 5.41) is 2.89. The number of aryl methyl sites for hydroxylation is 2. The SMILES string of the molecule is Cc1cc(C(=O)NCCCc2ncc[nH]2)ccc1N. The van der Waals surface area contributed by atoms with Crippen LogP contribution in [0, 0.1) is 6.92 Å². The molecule has 1 aromatic carbocycles. The first-order valence-corrected chi connectivity index (χ1v) is 6.29. The van der Waals surface area contributed by atoms with E-state index in [0.717, 1.165) is 24.2 Å². The van der Waals surface area contributed by atoms with Gasteiger partial charge >= 0.3 is 0 Å². The molecule has 0 bridgehead atoms. The number of carbonyl (C=O) groups is 1. The quantitative estimate of drug-likeness (QED) is 0.563. The van der Waals surface area contributed by atoms with Gasteiger partial charge in [0.05, 0.1) is 0 Å². The van der Waals surface area contributed by atoms with Gasteiger partial charge in [-0.1, -0.05) is 0 Å². The number of aromatic amines is 1. The lowest BCUT2D eigenvalue weighted by atomic mass is 10.1. The van der Waals surface area contributed by atoms with E-state index in [-0.39, 0.29) is 5.91 Å². The molecule has 0 saturated carbocycles. The maximum atomic E-state index is 11.9. The summed E-state index contributed by atoms with van der Waals surface area (Å²) in [6, 6.07) is 5.30. The van der Waals surface area contributed by atoms with E-state index in [9.17, 15) is 4.79 Å². The van der Waals surface area contributed by atoms with Crippen molar-refractivity contribution in [1.82, 2.24) is 15.3 Å². The third-order valence-corrected chi connectivity index (χ3v) is 2.96. The number of rotatable bonds is 5. The molecule has 5 heteroatoms. The van der Waals surface area contributed by atoms with Crippen LogP contribution in [0.3, 0.4) is 0 Å². The summed E-state index contributed by atoms with van der Waals surface area (Å²) in [7, 11) is 0. The average molecular weight is 258 g/mol. The summed E-state index contributed by atoms with van der Waals surface area (Å²) in [6.07, 6.45) is 5.21. The van der Waals surface area contributed by atoms with Crippen LogP contribution in [-0.4, -0.2) is 22.4 Å². The molecule has 0 fully saturated rings. The fourth-order valence-electron chi connectivity index (χ4n) is 1.81. The number of anilines is 1. The van der Waals surface area contributed by atoms with Gasteiger partial charge in [-0.15, -0.1) is 0 Å². The number of nitrogen functional groups attached to an aromatic ring is 1. The highest BCUT2D eigenvalue weighted by atomic mass is 16.1. The van der Waals surface area contributed by atoms with Gasteiger partial charge < -0.3 is 16.0 Å². The number of imidazole rings is 1. The minimum absolute atomic E-state index is 0.0671. The molecule has 2 rings (SSSR count). The first-order valence-electron chi connectivity index (χ1n) is 6.29. The number of aromatic nitrogens is 2. The van der Waals surface area contributed by atoms with Crippen molar-refractivity contribution in [3.8, 4) is 0 Å². The lowest BCUT2D eigenvalue weighted by Crippen LogP contribution is -2.25. The van der Waals surface area contributed by atoms with Crippen molar-refractivity contribution in [2.45, 2.75) is 19.8 Å². The van der Waals surface area contributed by atoms with E-state index in [1.165, 1.54) is 0 Å². The Morgan fingerprint density at radius 3 is 3.00 bits per heavy atom. The Balaban J connectivity index is 1.79. The predicted octanol–water partition coefficient (Wildman–Crippen LogP) is 1.66. The van der Waals surface area contributed by atoms with Crippen LogP contribution in [0.2, 0.25) is 0 Å². The van der Waals surface area contributed by atoms with Crippen molar-refractivity contribution >= 4 is 11.6 Å². The molecule has 0 atom stereocenters. The molecule has 0 radical (unpaired) electrons. The van der Waals surface area contributed by atoms with E-state index < -0.39 is 0 Å². The van der Waals surface area contributed by atoms with Gasteiger partial charge in [0.1, 0.15) is 5.82 Å². The maximum Gasteiger partial charge on any atom is 0.251 e. The number of nitrogens with two attached hydrogens (primary N) is 1. The van der Waals surface area contributed by atoms with E-state index in [2.05, 4.69) is 15.3 Å². The van der Waals surface area contributed by atoms with Crippen LogP contribution in [0.1, 0.15) is 28.2 Å². The molecule has 4 N–H and O–H groups in total. The Hall–Kier alpha value is -2.30. The van der Waals surface area contributed by atoms with Crippen LogP contribution < -0.4 is 11.1 Å². The largest absolute Gasteiger partial charge is 0.399 e. The average Bonchev–Trinajstić information content (AvgIpc) is 2.91. The second-order valence-electron chi connectivity index (χ2n) is 4.47. The van der Waals surface area contributed by atoms with Gasteiger partial charge in [0.25, 0.3) is 5.91 Å². The van der Waals surface area contributed by atoms with Crippen LogP contribution in [0.4, 0.5) is 5.69 Å². The maximum absolute atomic E-state index is 11.9. The van der Waals surface area contributed by atoms with Gasteiger partial charge in [-0.05, 0) is 37.1 Å². The minimum Gasteiger partial charge on any atom is -0.399 e. The van der Waals surface area contributed by atoms with Gasteiger partial charge in [-0.3, -0.25) is 4.79 Å². The minimum atomic E-state index is -0.0671. The zero-order valence-electron chi connectivity index (χ0n) is 10.9. The van der Waals surface area contributed by atoms with E-state index in [4.69, 9.17) is 5.73 Å². The lowest BCUT2D eigenvalue weighted by molar-refractivity contribution is 0.0953. The Bertz CT molecular complexity index is 549. The number of H-pyrrole nitrogens is 1. The van der Waals surface area contributed by atoms with E-state index in [0.29, 0.717) is 17.8 Å². The Labute approximate surface area is 112 Å². The smallest absolute Gasteiger partial charge is 0.251 e. The monoisotopic (exact) mass is 258 g/mol. The highest BCUT2D eigenvalue weighted by Gasteiger charge is 2.06. The van der Waals surface area contributed by atoms with Gasteiger partial charge in [-0.2, -0.15) is 0 Å². The third-order valence-electron chi connectivity index (χ3n) is 2.96. The fraction of sp³-hybridized carbons (Fsp3) is 0.286. The first kappa shape index (κ1) is 13.1. The summed E-state index contributed by atoms with van der Waals surface area (Å²) in [4.78, 5) is 19.1. The number of benzene rings is 1. The van der Waals surface area contributed by atoms with Crippen LogP contribution in [-0.2, 0) is 6.42 Å². The first-order chi connectivity index (χ1) is 9.16. The summed E-state index contributed by atoms with van der Waals surface area (Å²) >= 11 is 0. The number of hydrogen-bond acceptors (Lipinski definition) is 3. The van der Waals surface area contributed by atoms with Crippen LogP contribution in [0.25, 0.3) is 0 Å². The van der Waals surface area contributed by atoms with Gasteiger partial charge in [0, 0.05) is 36.6 Å². The molecule has 1 heterocycles. The van der Waals surface area contributed by atoms with Crippen LogP contribution in [0.15, 0.2) is 30.6 Å². The zero-order valence-corrected chi connectivity index (χ0v) is 10.9. The molecular formula is C14H18N4O.